The van der Waals surface area contributed by atoms with Crippen LogP contribution in [-0.4, -0.2) is 47.0 Å². The minimum absolute atomic E-state index is 0.156. The number of unbranched alkanes of at least 4 members (excludes halogenated alkanes) is 2. The Hall–Kier alpha value is -1.47. The van der Waals surface area contributed by atoms with Crippen LogP contribution in [-0.2, 0) is 22.4 Å². The van der Waals surface area contributed by atoms with Crippen LogP contribution >= 0.6 is 11.3 Å². The molecule has 6 nitrogen and oxygen atoms in total. The van der Waals surface area contributed by atoms with Gasteiger partial charge in [-0.25, -0.2) is 4.98 Å². The predicted molar refractivity (Wildman–Crippen MR) is 77.7 cm³/mol. The molecule has 1 aromatic rings. The number of nitrogens with two attached hydrogens (primary N) is 1. The van der Waals surface area contributed by atoms with Gasteiger partial charge in [-0.2, -0.15) is 0 Å². The first-order valence-corrected chi connectivity index (χ1v) is 7.50. The number of carbonyl (C=O) groups is 2. The number of aryl methyl sites for hydroxylation is 1. The highest BCUT2D eigenvalue weighted by Gasteiger charge is 2.14. The van der Waals surface area contributed by atoms with Crippen molar-refractivity contribution in [2.24, 2.45) is 5.73 Å². The van der Waals surface area contributed by atoms with Crippen molar-refractivity contribution in [3.8, 4) is 0 Å². The summed E-state index contributed by atoms with van der Waals surface area (Å²) in [7, 11) is 1.48. The van der Waals surface area contributed by atoms with Crippen molar-refractivity contribution in [2.75, 3.05) is 20.1 Å². The number of amides is 1. The summed E-state index contributed by atoms with van der Waals surface area (Å²) in [5, 5.41) is 11.5. The fourth-order valence-corrected chi connectivity index (χ4v) is 2.56. The minimum atomic E-state index is -1.01. The molecule has 0 radical (unpaired) electrons. The van der Waals surface area contributed by atoms with Gasteiger partial charge in [0.1, 0.15) is 6.54 Å². The van der Waals surface area contributed by atoms with E-state index in [1.54, 1.807) is 11.3 Å². The molecule has 0 bridgehead atoms. The summed E-state index contributed by atoms with van der Waals surface area (Å²) in [5.74, 6) is -1.24. The van der Waals surface area contributed by atoms with Crippen LogP contribution in [0, 0.1) is 0 Å². The number of carbonyl (C=O) groups excluding carboxylic acids is 1. The number of hydrogen-bond acceptors (Lipinski definition) is 5. The number of carboxylic acids is 1. The number of aliphatic carboxylic acids is 1. The van der Waals surface area contributed by atoms with Crippen molar-refractivity contribution in [3.05, 3.63) is 16.1 Å². The van der Waals surface area contributed by atoms with E-state index < -0.39 is 5.97 Å². The normalized spacial score (nSPS) is 10.5. The van der Waals surface area contributed by atoms with Gasteiger partial charge in [-0.15, -0.1) is 11.3 Å². The van der Waals surface area contributed by atoms with E-state index in [-0.39, 0.29) is 18.9 Å². The minimum Gasteiger partial charge on any atom is -0.480 e. The SMILES string of the molecule is CN(CC(=O)O)C(=O)Cc1csc(CCCCCN)n1. The lowest BCUT2D eigenvalue weighted by molar-refractivity contribution is -0.143. The van der Waals surface area contributed by atoms with Gasteiger partial charge in [-0.1, -0.05) is 6.42 Å². The quantitative estimate of drug-likeness (QED) is 0.660. The zero-order valence-corrected chi connectivity index (χ0v) is 12.5. The highest BCUT2D eigenvalue weighted by molar-refractivity contribution is 7.09. The standard InChI is InChI=1S/C13H21N3O3S/c1-16(8-13(18)19)12(17)7-10-9-20-11(15-10)5-3-2-4-6-14/h9H,2-8,14H2,1H3,(H,18,19). The summed E-state index contributed by atoms with van der Waals surface area (Å²) < 4.78 is 0. The summed E-state index contributed by atoms with van der Waals surface area (Å²) in [5.41, 5.74) is 6.15. The largest absolute Gasteiger partial charge is 0.480 e. The molecular weight excluding hydrogens is 278 g/mol. The van der Waals surface area contributed by atoms with Gasteiger partial charge in [0.2, 0.25) is 5.91 Å². The van der Waals surface area contributed by atoms with Crippen LogP contribution in [0.25, 0.3) is 0 Å². The van der Waals surface area contributed by atoms with Gasteiger partial charge in [-0.3, -0.25) is 9.59 Å². The third-order valence-corrected chi connectivity index (χ3v) is 3.78. The molecule has 3 N–H and O–H groups in total. The van der Waals surface area contributed by atoms with E-state index in [1.807, 2.05) is 5.38 Å². The molecule has 0 atom stereocenters. The predicted octanol–water partition coefficient (Wildman–Crippen LogP) is 0.900. The van der Waals surface area contributed by atoms with E-state index in [9.17, 15) is 9.59 Å². The monoisotopic (exact) mass is 299 g/mol. The van der Waals surface area contributed by atoms with Gasteiger partial charge in [0.05, 0.1) is 17.1 Å². The first-order valence-electron chi connectivity index (χ1n) is 6.62. The molecule has 0 fully saturated rings. The molecule has 7 heteroatoms. The number of rotatable bonds is 9. The summed E-state index contributed by atoms with van der Waals surface area (Å²) >= 11 is 1.55. The molecule has 0 saturated carbocycles. The Balaban J connectivity index is 2.39. The summed E-state index contributed by atoms with van der Waals surface area (Å²) in [6.45, 7) is 0.433. The second-order valence-electron chi connectivity index (χ2n) is 4.65. The molecule has 0 spiro atoms. The summed E-state index contributed by atoms with van der Waals surface area (Å²) in [4.78, 5) is 27.9. The maximum Gasteiger partial charge on any atom is 0.323 e. The maximum atomic E-state index is 11.8. The number of carboxylic acid groups (broad SMARTS) is 1. The summed E-state index contributed by atoms with van der Waals surface area (Å²) in [6, 6.07) is 0. The lowest BCUT2D eigenvalue weighted by Gasteiger charge is -2.13. The average Bonchev–Trinajstić information content (AvgIpc) is 2.81. The van der Waals surface area contributed by atoms with E-state index in [1.165, 1.54) is 11.9 Å². The van der Waals surface area contributed by atoms with Crippen LogP contribution in [0.1, 0.15) is 30.0 Å². The van der Waals surface area contributed by atoms with Crippen LogP contribution in [0.5, 0.6) is 0 Å². The first-order chi connectivity index (χ1) is 9.52. The van der Waals surface area contributed by atoms with E-state index in [0.717, 1.165) is 30.7 Å². The molecule has 112 valence electrons. The van der Waals surface area contributed by atoms with Crippen molar-refractivity contribution < 1.29 is 14.7 Å². The van der Waals surface area contributed by atoms with E-state index >= 15 is 0 Å². The fourth-order valence-electron chi connectivity index (χ4n) is 1.72. The Labute approximate surface area is 122 Å². The molecule has 1 heterocycles. The van der Waals surface area contributed by atoms with Crippen molar-refractivity contribution in [3.63, 3.8) is 0 Å². The first kappa shape index (κ1) is 16.6. The zero-order valence-electron chi connectivity index (χ0n) is 11.7. The molecule has 20 heavy (non-hydrogen) atoms. The second-order valence-corrected chi connectivity index (χ2v) is 5.59. The van der Waals surface area contributed by atoms with Crippen LogP contribution < -0.4 is 5.73 Å². The number of aromatic nitrogens is 1. The summed E-state index contributed by atoms with van der Waals surface area (Å²) in [6.07, 6.45) is 4.23. The molecule has 0 aliphatic heterocycles. The smallest absolute Gasteiger partial charge is 0.323 e. The zero-order chi connectivity index (χ0) is 15.0. The number of likely N-dealkylation sites (N-methyl/N-ethyl adjacent to an activating group) is 1. The van der Waals surface area contributed by atoms with Crippen molar-refractivity contribution in [1.29, 1.82) is 0 Å². The van der Waals surface area contributed by atoms with E-state index in [4.69, 9.17) is 10.8 Å². The molecule has 0 aromatic carbocycles. The van der Waals surface area contributed by atoms with Crippen molar-refractivity contribution >= 4 is 23.2 Å². The van der Waals surface area contributed by atoms with Crippen LogP contribution in [0.15, 0.2) is 5.38 Å². The molecule has 1 aromatic heterocycles. The van der Waals surface area contributed by atoms with Crippen LogP contribution in [0.2, 0.25) is 0 Å². The topological polar surface area (TPSA) is 96.5 Å². The molecule has 0 unspecified atom stereocenters. The Morgan fingerprint density at radius 2 is 2.15 bits per heavy atom. The van der Waals surface area contributed by atoms with E-state index in [2.05, 4.69) is 4.98 Å². The molecule has 1 rings (SSSR count). The van der Waals surface area contributed by atoms with Crippen LogP contribution in [0.4, 0.5) is 0 Å². The number of nitrogens with zero attached hydrogens (tertiary/aromatic N) is 2. The van der Waals surface area contributed by atoms with Gasteiger partial charge in [0.25, 0.3) is 0 Å². The van der Waals surface area contributed by atoms with Gasteiger partial charge in [-0.05, 0) is 25.8 Å². The highest BCUT2D eigenvalue weighted by atomic mass is 32.1. The Morgan fingerprint density at radius 1 is 1.40 bits per heavy atom. The number of thiazole rings is 1. The molecular formula is C13H21N3O3S. The van der Waals surface area contributed by atoms with Gasteiger partial charge in [0.15, 0.2) is 0 Å². The third-order valence-electron chi connectivity index (χ3n) is 2.82. The molecule has 1 amide bonds. The Bertz CT molecular complexity index is 448. The lowest BCUT2D eigenvalue weighted by Crippen LogP contribution is -2.33. The fraction of sp³-hybridized carbons (Fsp3) is 0.615. The van der Waals surface area contributed by atoms with Gasteiger partial charge in [0, 0.05) is 12.4 Å². The van der Waals surface area contributed by atoms with Crippen molar-refractivity contribution in [1.82, 2.24) is 9.88 Å². The van der Waals surface area contributed by atoms with Crippen molar-refractivity contribution in [2.45, 2.75) is 32.1 Å². The Morgan fingerprint density at radius 3 is 2.80 bits per heavy atom. The van der Waals surface area contributed by atoms with E-state index in [0.29, 0.717) is 12.2 Å². The maximum absolute atomic E-state index is 11.8. The third kappa shape index (κ3) is 6.12. The van der Waals surface area contributed by atoms with Crippen LogP contribution in [0.3, 0.4) is 0 Å². The molecule has 0 saturated heterocycles. The average molecular weight is 299 g/mol. The highest BCUT2D eigenvalue weighted by Crippen LogP contribution is 2.14. The molecule has 0 aliphatic carbocycles. The molecule has 0 aliphatic rings. The number of hydrogen-bond donors (Lipinski definition) is 2. The van der Waals surface area contributed by atoms with Gasteiger partial charge < -0.3 is 15.7 Å². The van der Waals surface area contributed by atoms with Gasteiger partial charge >= 0.3 is 5.97 Å². The second kappa shape index (κ2) is 8.65. The Kier molecular flexibility index (Phi) is 7.17. The lowest BCUT2D eigenvalue weighted by atomic mass is 10.2.